The summed E-state index contributed by atoms with van der Waals surface area (Å²) in [7, 11) is -2.14. The van der Waals surface area contributed by atoms with Crippen LogP contribution in [0.5, 0.6) is 0 Å². The third-order valence-corrected chi connectivity index (χ3v) is 6.02. The van der Waals surface area contributed by atoms with Gasteiger partial charge in [-0.3, -0.25) is 0 Å². The molecule has 0 aliphatic heterocycles. The van der Waals surface area contributed by atoms with Gasteiger partial charge in [-0.25, -0.2) is 12.8 Å². The summed E-state index contributed by atoms with van der Waals surface area (Å²) >= 11 is 3.08. The van der Waals surface area contributed by atoms with E-state index in [9.17, 15) is 12.8 Å². The second-order valence-electron chi connectivity index (χ2n) is 4.92. The quantitative estimate of drug-likeness (QED) is 0.697. The molecule has 0 aromatic heterocycles. The molecule has 2 rings (SSSR count). The summed E-state index contributed by atoms with van der Waals surface area (Å²) in [6.07, 6.45) is 2.41. The van der Waals surface area contributed by atoms with Crippen LogP contribution < -0.4 is 0 Å². The van der Waals surface area contributed by atoms with E-state index in [0.717, 1.165) is 12.1 Å². The fourth-order valence-electron chi connectivity index (χ4n) is 1.70. The highest BCUT2D eigenvalue weighted by Gasteiger charge is 2.24. The maximum Gasteiger partial charge on any atom is 0.244 e. The molecular weight excluding hydrogens is 349 g/mol. The van der Waals surface area contributed by atoms with Gasteiger partial charge >= 0.3 is 0 Å². The first-order valence-corrected chi connectivity index (χ1v) is 8.63. The highest BCUT2D eigenvalue weighted by Crippen LogP contribution is 2.29. The van der Waals surface area contributed by atoms with E-state index in [1.54, 1.807) is 0 Å². The maximum absolute atomic E-state index is 13.0. The first kappa shape index (κ1) is 15.9. The summed E-state index contributed by atoms with van der Waals surface area (Å²) in [5.74, 6) is 0.175. The average molecular weight is 366 g/mol. The summed E-state index contributed by atoms with van der Waals surface area (Å²) in [6, 6.07) is 3.54. The van der Waals surface area contributed by atoms with Gasteiger partial charge in [-0.05, 0) is 52.9 Å². The Labute approximate surface area is 127 Å². The maximum atomic E-state index is 13.0. The summed E-state index contributed by atoms with van der Waals surface area (Å²) in [5.41, 5.74) is 0. The first-order chi connectivity index (χ1) is 9.41. The van der Waals surface area contributed by atoms with Crippen molar-refractivity contribution in [2.24, 2.45) is 5.92 Å². The molecule has 0 N–H and O–H groups in total. The first-order valence-electron chi connectivity index (χ1n) is 6.40. The zero-order valence-corrected chi connectivity index (χ0v) is 13.6. The van der Waals surface area contributed by atoms with Crippen LogP contribution in [0.2, 0.25) is 0 Å². The van der Waals surface area contributed by atoms with Gasteiger partial charge in [0.15, 0.2) is 0 Å². The lowest BCUT2D eigenvalue weighted by molar-refractivity contribution is 0.117. The molecule has 0 atom stereocenters. The number of benzene rings is 1. The highest BCUT2D eigenvalue weighted by molar-refractivity contribution is 9.10. The standard InChI is InChI=1S/C13H17BrFNO3S/c1-16(6-7-19-9-10-2-3-10)20(17,18)13-5-4-11(15)8-12(13)14/h4-5,8,10H,2-3,6-7,9H2,1H3. The summed E-state index contributed by atoms with van der Waals surface area (Å²) < 4.78 is 44.5. The van der Waals surface area contributed by atoms with Gasteiger partial charge in [-0.2, -0.15) is 4.31 Å². The minimum absolute atomic E-state index is 0.0589. The second kappa shape index (κ2) is 6.51. The lowest BCUT2D eigenvalue weighted by atomic mass is 10.3. The minimum Gasteiger partial charge on any atom is -0.380 e. The molecule has 0 amide bonds. The van der Waals surface area contributed by atoms with Gasteiger partial charge < -0.3 is 4.74 Å². The second-order valence-corrected chi connectivity index (χ2v) is 7.79. The summed E-state index contributed by atoms with van der Waals surface area (Å²) in [4.78, 5) is 0.0589. The van der Waals surface area contributed by atoms with Crippen molar-refractivity contribution in [3.05, 3.63) is 28.5 Å². The average Bonchev–Trinajstić information content (AvgIpc) is 3.17. The van der Waals surface area contributed by atoms with Crippen LogP contribution in [0, 0.1) is 11.7 Å². The van der Waals surface area contributed by atoms with Crippen molar-refractivity contribution in [2.45, 2.75) is 17.7 Å². The molecule has 7 heteroatoms. The molecule has 0 saturated heterocycles. The molecule has 1 aromatic carbocycles. The molecule has 20 heavy (non-hydrogen) atoms. The molecule has 1 aromatic rings. The number of ether oxygens (including phenoxy) is 1. The van der Waals surface area contributed by atoms with Crippen LogP contribution in [0.1, 0.15) is 12.8 Å². The lowest BCUT2D eigenvalue weighted by Crippen LogP contribution is -2.30. The van der Waals surface area contributed by atoms with Crippen LogP contribution in [0.3, 0.4) is 0 Å². The lowest BCUT2D eigenvalue weighted by Gasteiger charge is -2.18. The predicted molar refractivity (Wildman–Crippen MR) is 77.5 cm³/mol. The SMILES string of the molecule is CN(CCOCC1CC1)S(=O)(=O)c1ccc(F)cc1Br. The van der Waals surface area contributed by atoms with Gasteiger partial charge in [-0.1, -0.05) is 0 Å². The van der Waals surface area contributed by atoms with E-state index >= 15 is 0 Å². The number of likely N-dealkylation sites (N-methyl/N-ethyl adjacent to an activating group) is 1. The van der Waals surface area contributed by atoms with E-state index in [0.29, 0.717) is 19.1 Å². The fourth-order valence-corrected chi connectivity index (χ4v) is 3.86. The largest absolute Gasteiger partial charge is 0.380 e. The number of hydrogen-bond donors (Lipinski definition) is 0. The molecular formula is C13H17BrFNO3S. The summed E-state index contributed by atoms with van der Waals surface area (Å²) in [5, 5.41) is 0. The Kier molecular flexibility index (Phi) is 5.17. The summed E-state index contributed by atoms with van der Waals surface area (Å²) in [6.45, 7) is 1.35. The molecule has 1 aliphatic carbocycles. The van der Waals surface area contributed by atoms with E-state index in [1.165, 1.54) is 30.3 Å². The van der Waals surface area contributed by atoms with E-state index in [2.05, 4.69) is 15.9 Å². The van der Waals surface area contributed by atoms with Crippen LogP contribution in [0.15, 0.2) is 27.6 Å². The van der Waals surface area contributed by atoms with E-state index in [1.807, 2.05) is 0 Å². The number of rotatable bonds is 7. The molecule has 112 valence electrons. The van der Waals surface area contributed by atoms with Crippen molar-refractivity contribution < 1.29 is 17.5 Å². The van der Waals surface area contributed by atoms with Crippen molar-refractivity contribution in [3.63, 3.8) is 0 Å². The minimum atomic E-state index is -3.63. The molecule has 0 heterocycles. The molecule has 0 bridgehead atoms. The van der Waals surface area contributed by atoms with Crippen LogP contribution >= 0.6 is 15.9 Å². The Morgan fingerprint density at radius 2 is 2.15 bits per heavy atom. The van der Waals surface area contributed by atoms with Crippen LogP contribution in [0.4, 0.5) is 4.39 Å². The topological polar surface area (TPSA) is 46.6 Å². The Morgan fingerprint density at radius 1 is 1.45 bits per heavy atom. The molecule has 1 fully saturated rings. The Balaban J connectivity index is 1.96. The van der Waals surface area contributed by atoms with Crippen LogP contribution in [0.25, 0.3) is 0 Å². The Hall–Kier alpha value is -0.500. The monoisotopic (exact) mass is 365 g/mol. The van der Waals surface area contributed by atoms with Gasteiger partial charge in [0, 0.05) is 24.7 Å². The van der Waals surface area contributed by atoms with Gasteiger partial charge in [0.1, 0.15) is 5.82 Å². The van der Waals surface area contributed by atoms with Crippen molar-refractivity contribution in [1.82, 2.24) is 4.31 Å². The van der Waals surface area contributed by atoms with Gasteiger partial charge in [-0.15, -0.1) is 0 Å². The number of hydrogen-bond acceptors (Lipinski definition) is 3. The smallest absolute Gasteiger partial charge is 0.244 e. The van der Waals surface area contributed by atoms with E-state index in [4.69, 9.17) is 4.74 Å². The van der Waals surface area contributed by atoms with Crippen molar-refractivity contribution >= 4 is 26.0 Å². The highest BCUT2D eigenvalue weighted by atomic mass is 79.9. The van der Waals surface area contributed by atoms with Gasteiger partial charge in [0.05, 0.1) is 11.5 Å². The van der Waals surface area contributed by atoms with Crippen molar-refractivity contribution in [2.75, 3.05) is 26.8 Å². The molecule has 0 unspecified atom stereocenters. The van der Waals surface area contributed by atoms with Gasteiger partial charge in [0.2, 0.25) is 10.0 Å². The molecule has 4 nitrogen and oxygen atoms in total. The molecule has 0 radical (unpaired) electrons. The fraction of sp³-hybridized carbons (Fsp3) is 0.538. The third kappa shape index (κ3) is 4.00. The predicted octanol–water partition coefficient (Wildman–Crippen LogP) is 2.64. The zero-order valence-electron chi connectivity index (χ0n) is 11.2. The van der Waals surface area contributed by atoms with E-state index < -0.39 is 15.8 Å². The molecule has 1 saturated carbocycles. The van der Waals surface area contributed by atoms with Crippen LogP contribution in [-0.4, -0.2) is 39.5 Å². The third-order valence-electron chi connectivity index (χ3n) is 3.18. The number of nitrogens with zero attached hydrogens (tertiary/aromatic N) is 1. The van der Waals surface area contributed by atoms with Gasteiger partial charge in [0.25, 0.3) is 0 Å². The zero-order chi connectivity index (χ0) is 14.8. The number of sulfonamides is 1. The Bertz CT molecular complexity index is 575. The van der Waals surface area contributed by atoms with Crippen LogP contribution in [-0.2, 0) is 14.8 Å². The van der Waals surface area contributed by atoms with Crippen molar-refractivity contribution in [3.8, 4) is 0 Å². The molecule has 0 spiro atoms. The van der Waals surface area contributed by atoms with E-state index in [-0.39, 0.29) is 15.9 Å². The Morgan fingerprint density at radius 3 is 2.75 bits per heavy atom. The molecule has 1 aliphatic rings. The normalized spacial score (nSPS) is 15.8. The van der Waals surface area contributed by atoms with Crippen molar-refractivity contribution in [1.29, 1.82) is 0 Å². The number of halogens is 2.